The van der Waals surface area contributed by atoms with E-state index >= 15 is 0 Å². The van der Waals surface area contributed by atoms with Crippen LogP contribution in [0.1, 0.15) is 18.5 Å². The molecule has 1 unspecified atom stereocenters. The molecule has 4 heteroatoms. The molecular formula is C15H13ClN2S. The molecule has 0 fully saturated rings. The first-order valence-corrected chi connectivity index (χ1v) is 7.29. The molecule has 0 bridgehead atoms. The molecule has 1 aromatic heterocycles. The van der Waals surface area contributed by atoms with Gasteiger partial charge in [-0.05, 0) is 30.7 Å². The number of aromatic nitrogens is 1. The van der Waals surface area contributed by atoms with Crippen molar-refractivity contribution in [1.29, 1.82) is 0 Å². The number of thiazole rings is 1. The lowest BCUT2D eigenvalue weighted by molar-refractivity contribution is 0.883. The summed E-state index contributed by atoms with van der Waals surface area (Å²) in [5, 5.41) is 5.08. The van der Waals surface area contributed by atoms with Gasteiger partial charge in [-0.15, -0.1) is 0 Å². The Kier molecular flexibility index (Phi) is 3.40. The Hall–Kier alpha value is -1.58. The van der Waals surface area contributed by atoms with Gasteiger partial charge in [-0.3, -0.25) is 0 Å². The lowest BCUT2D eigenvalue weighted by Crippen LogP contribution is -2.05. The van der Waals surface area contributed by atoms with Gasteiger partial charge < -0.3 is 5.32 Å². The van der Waals surface area contributed by atoms with Gasteiger partial charge >= 0.3 is 0 Å². The maximum absolute atomic E-state index is 5.97. The highest BCUT2D eigenvalue weighted by atomic mass is 35.5. The van der Waals surface area contributed by atoms with Gasteiger partial charge in [-0.25, -0.2) is 4.98 Å². The van der Waals surface area contributed by atoms with E-state index in [1.807, 2.05) is 36.4 Å². The third-order valence-electron chi connectivity index (χ3n) is 2.99. The van der Waals surface area contributed by atoms with Crippen molar-refractivity contribution in [2.24, 2.45) is 0 Å². The zero-order valence-corrected chi connectivity index (χ0v) is 12.0. The van der Waals surface area contributed by atoms with Gasteiger partial charge in [-0.2, -0.15) is 0 Å². The number of nitrogens with zero attached hydrogens (tertiary/aromatic N) is 1. The molecule has 0 radical (unpaired) electrons. The van der Waals surface area contributed by atoms with Gasteiger partial charge in [0.2, 0.25) is 0 Å². The topological polar surface area (TPSA) is 24.9 Å². The first-order chi connectivity index (χ1) is 9.22. The van der Waals surface area contributed by atoms with E-state index in [9.17, 15) is 0 Å². The van der Waals surface area contributed by atoms with Crippen molar-refractivity contribution in [2.45, 2.75) is 13.0 Å². The number of rotatable bonds is 3. The Morgan fingerprint density at radius 3 is 2.74 bits per heavy atom. The molecule has 0 aliphatic heterocycles. The monoisotopic (exact) mass is 288 g/mol. The quantitative estimate of drug-likeness (QED) is 0.723. The van der Waals surface area contributed by atoms with Crippen LogP contribution in [0.3, 0.4) is 0 Å². The van der Waals surface area contributed by atoms with Crippen LogP contribution < -0.4 is 5.32 Å². The minimum atomic E-state index is 0.234. The number of nitrogens with one attached hydrogen (secondary N) is 1. The van der Waals surface area contributed by atoms with E-state index in [1.165, 1.54) is 5.56 Å². The Balaban J connectivity index is 1.85. The molecule has 0 aliphatic carbocycles. The lowest BCUT2D eigenvalue weighted by atomic mass is 10.1. The summed E-state index contributed by atoms with van der Waals surface area (Å²) >= 11 is 7.62. The first kappa shape index (κ1) is 12.5. The third kappa shape index (κ3) is 2.72. The van der Waals surface area contributed by atoms with Crippen LogP contribution in [0.15, 0.2) is 48.5 Å². The fourth-order valence-electron chi connectivity index (χ4n) is 1.97. The van der Waals surface area contributed by atoms with Crippen LogP contribution in [0, 0.1) is 0 Å². The average molecular weight is 289 g/mol. The highest BCUT2D eigenvalue weighted by Gasteiger charge is 2.08. The molecule has 0 saturated heterocycles. The Morgan fingerprint density at radius 2 is 1.95 bits per heavy atom. The van der Waals surface area contributed by atoms with Crippen molar-refractivity contribution in [2.75, 3.05) is 5.32 Å². The summed E-state index contributed by atoms with van der Waals surface area (Å²) < 4.78 is 1.15. The van der Waals surface area contributed by atoms with Crippen LogP contribution in [0.4, 0.5) is 5.13 Å². The van der Waals surface area contributed by atoms with Crippen molar-refractivity contribution in [1.82, 2.24) is 4.98 Å². The fraction of sp³-hybridized carbons (Fsp3) is 0.133. The largest absolute Gasteiger partial charge is 0.355 e. The van der Waals surface area contributed by atoms with Gasteiger partial charge in [0.1, 0.15) is 0 Å². The molecule has 96 valence electrons. The maximum Gasteiger partial charge on any atom is 0.184 e. The molecule has 0 amide bonds. The van der Waals surface area contributed by atoms with Crippen molar-refractivity contribution in [3.63, 3.8) is 0 Å². The molecule has 1 atom stereocenters. The Labute approximate surface area is 121 Å². The Bertz CT molecular complexity index is 694. The number of hydrogen-bond acceptors (Lipinski definition) is 3. The standard InChI is InChI=1S/C15H13ClN2S/c1-10(11-5-3-2-4-6-11)17-15-18-13-9-12(16)7-8-14(13)19-15/h2-10H,1H3,(H,17,18). The van der Waals surface area contributed by atoms with E-state index < -0.39 is 0 Å². The zero-order chi connectivity index (χ0) is 13.2. The van der Waals surface area contributed by atoms with Gasteiger partial charge in [0.05, 0.1) is 16.3 Å². The highest BCUT2D eigenvalue weighted by molar-refractivity contribution is 7.22. The van der Waals surface area contributed by atoms with Gasteiger partial charge in [0.15, 0.2) is 5.13 Å². The average Bonchev–Trinajstić information content (AvgIpc) is 2.81. The van der Waals surface area contributed by atoms with E-state index in [1.54, 1.807) is 11.3 Å². The molecule has 1 heterocycles. The summed E-state index contributed by atoms with van der Waals surface area (Å²) in [4.78, 5) is 4.56. The van der Waals surface area contributed by atoms with Crippen molar-refractivity contribution in [3.05, 3.63) is 59.1 Å². The first-order valence-electron chi connectivity index (χ1n) is 6.10. The second-order valence-electron chi connectivity index (χ2n) is 4.41. The number of halogens is 1. The van der Waals surface area contributed by atoms with Crippen LogP contribution in [0.2, 0.25) is 5.02 Å². The van der Waals surface area contributed by atoms with E-state index in [0.717, 1.165) is 20.4 Å². The lowest BCUT2D eigenvalue weighted by Gasteiger charge is -2.12. The predicted molar refractivity (Wildman–Crippen MR) is 83.1 cm³/mol. The molecule has 0 spiro atoms. The molecule has 1 N–H and O–H groups in total. The van der Waals surface area contributed by atoms with E-state index in [2.05, 4.69) is 29.4 Å². The van der Waals surface area contributed by atoms with Crippen LogP contribution in [0.25, 0.3) is 10.2 Å². The fourth-order valence-corrected chi connectivity index (χ4v) is 3.07. The zero-order valence-electron chi connectivity index (χ0n) is 10.4. The van der Waals surface area contributed by atoms with Gasteiger partial charge in [0, 0.05) is 5.02 Å². The van der Waals surface area contributed by atoms with Crippen LogP contribution in [0.5, 0.6) is 0 Å². The van der Waals surface area contributed by atoms with Gasteiger partial charge in [-0.1, -0.05) is 53.3 Å². The minimum Gasteiger partial charge on any atom is -0.355 e. The number of fused-ring (bicyclic) bond motifs is 1. The van der Waals surface area contributed by atoms with E-state index in [0.29, 0.717) is 0 Å². The SMILES string of the molecule is CC(Nc1nc2cc(Cl)ccc2s1)c1ccccc1. The number of benzene rings is 2. The molecule has 19 heavy (non-hydrogen) atoms. The second kappa shape index (κ2) is 5.19. The smallest absolute Gasteiger partial charge is 0.184 e. The maximum atomic E-state index is 5.97. The van der Waals surface area contributed by atoms with Crippen molar-refractivity contribution in [3.8, 4) is 0 Å². The van der Waals surface area contributed by atoms with E-state index in [-0.39, 0.29) is 6.04 Å². The summed E-state index contributed by atoms with van der Waals surface area (Å²) in [6, 6.07) is 16.4. The number of anilines is 1. The van der Waals surface area contributed by atoms with Crippen LogP contribution >= 0.6 is 22.9 Å². The third-order valence-corrected chi connectivity index (χ3v) is 4.19. The molecule has 2 aromatic carbocycles. The number of hydrogen-bond donors (Lipinski definition) is 1. The van der Waals surface area contributed by atoms with Gasteiger partial charge in [0.25, 0.3) is 0 Å². The second-order valence-corrected chi connectivity index (χ2v) is 5.87. The molecule has 2 nitrogen and oxygen atoms in total. The normalized spacial score (nSPS) is 12.5. The van der Waals surface area contributed by atoms with Crippen LogP contribution in [-0.4, -0.2) is 4.98 Å². The molecular weight excluding hydrogens is 276 g/mol. The predicted octanol–water partition coefficient (Wildman–Crippen LogP) is 5.12. The molecule has 3 rings (SSSR count). The van der Waals surface area contributed by atoms with E-state index in [4.69, 9.17) is 11.6 Å². The summed E-state index contributed by atoms with van der Waals surface area (Å²) in [5.41, 5.74) is 2.19. The highest BCUT2D eigenvalue weighted by Crippen LogP contribution is 2.30. The molecule has 0 saturated carbocycles. The summed E-state index contributed by atoms with van der Waals surface area (Å²) in [5.74, 6) is 0. The molecule has 3 aromatic rings. The summed E-state index contributed by atoms with van der Waals surface area (Å²) in [6.45, 7) is 2.13. The summed E-state index contributed by atoms with van der Waals surface area (Å²) in [7, 11) is 0. The minimum absolute atomic E-state index is 0.234. The van der Waals surface area contributed by atoms with Crippen molar-refractivity contribution < 1.29 is 0 Å². The summed E-state index contributed by atoms with van der Waals surface area (Å²) in [6.07, 6.45) is 0. The Morgan fingerprint density at radius 1 is 1.16 bits per heavy atom. The van der Waals surface area contributed by atoms with Crippen molar-refractivity contribution >= 4 is 38.3 Å². The molecule has 0 aliphatic rings. The van der Waals surface area contributed by atoms with Crippen LogP contribution in [-0.2, 0) is 0 Å².